The molecular formula is C24H29ClN6O2S. The number of aliphatic hydroxyl groups excluding tert-OH is 1. The predicted molar refractivity (Wildman–Crippen MR) is 130 cm³/mol. The van der Waals surface area contributed by atoms with Gasteiger partial charge in [-0.25, -0.2) is 15.0 Å². The molecule has 180 valence electrons. The van der Waals surface area contributed by atoms with E-state index in [2.05, 4.69) is 20.2 Å². The van der Waals surface area contributed by atoms with Crippen molar-refractivity contribution in [2.75, 3.05) is 29.9 Å². The molecule has 0 bridgehead atoms. The average Bonchev–Trinajstić information content (AvgIpc) is 3.17. The summed E-state index contributed by atoms with van der Waals surface area (Å²) in [7, 11) is -1.08. The Hall–Kier alpha value is -1.84. The second-order valence-corrected chi connectivity index (χ2v) is 13.3. The van der Waals surface area contributed by atoms with Crippen LogP contribution < -0.4 is 10.2 Å². The fraction of sp³-hybridized carbons (Fsp3) is 0.667. The van der Waals surface area contributed by atoms with Crippen LogP contribution in [0, 0.1) is 11.8 Å². The Morgan fingerprint density at radius 1 is 1.12 bits per heavy atom. The van der Waals surface area contributed by atoms with Crippen LogP contribution in [0.2, 0.25) is 5.02 Å². The molecule has 3 aliphatic carbocycles. The Labute approximate surface area is 206 Å². The molecule has 2 N–H and O–H groups in total. The molecule has 3 atom stereocenters. The molecule has 0 amide bonds. The number of halogens is 1. The van der Waals surface area contributed by atoms with Crippen molar-refractivity contribution in [2.45, 2.75) is 72.5 Å². The Kier molecular flexibility index (Phi) is 4.78. The van der Waals surface area contributed by atoms with Crippen LogP contribution in [0.15, 0.2) is 17.3 Å². The third kappa shape index (κ3) is 3.30. The van der Waals surface area contributed by atoms with E-state index < -0.39 is 10.8 Å². The molecule has 0 aromatic carbocycles. The topological polar surface area (TPSA) is 104 Å². The SMILES string of the molecule is O=S1c2c(nc(N3CC4CC(c5ncc(Cl)cn5)CC4C3)nc2NC2(CO)CCC2)CC12CC2. The van der Waals surface area contributed by atoms with E-state index in [1.165, 1.54) is 0 Å². The summed E-state index contributed by atoms with van der Waals surface area (Å²) in [6.07, 6.45) is 11.2. The number of nitrogens with one attached hydrogen (secondary N) is 1. The van der Waals surface area contributed by atoms with Gasteiger partial charge in [0.25, 0.3) is 0 Å². The monoisotopic (exact) mass is 500 g/mol. The highest BCUT2D eigenvalue weighted by molar-refractivity contribution is 7.87. The van der Waals surface area contributed by atoms with E-state index >= 15 is 0 Å². The Morgan fingerprint density at radius 3 is 2.41 bits per heavy atom. The summed E-state index contributed by atoms with van der Waals surface area (Å²) in [6, 6.07) is 0. The molecule has 4 fully saturated rings. The van der Waals surface area contributed by atoms with Gasteiger partial charge in [-0.1, -0.05) is 11.6 Å². The van der Waals surface area contributed by atoms with E-state index in [9.17, 15) is 9.32 Å². The predicted octanol–water partition coefficient (Wildman–Crippen LogP) is 3.07. The van der Waals surface area contributed by atoms with Crippen molar-refractivity contribution < 1.29 is 9.32 Å². The number of rotatable bonds is 5. The van der Waals surface area contributed by atoms with Crippen molar-refractivity contribution in [3.63, 3.8) is 0 Å². The summed E-state index contributed by atoms with van der Waals surface area (Å²) in [4.78, 5) is 22.0. The summed E-state index contributed by atoms with van der Waals surface area (Å²) in [5.41, 5.74) is 0.608. The van der Waals surface area contributed by atoms with E-state index in [0.717, 1.165) is 86.8 Å². The van der Waals surface area contributed by atoms with Crippen LogP contribution in [0.1, 0.15) is 62.4 Å². The van der Waals surface area contributed by atoms with Crippen molar-refractivity contribution >= 4 is 34.2 Å². The van der Waals surface area contributed by atoms with E-state index in [1.807, 2.05) is 0 Å². The lowest BCUT2D eigenvalue weighted by Crippen LogP contribution is -2.48. The zero-order chi connectivity index (χ0) is 23.1. The van der Waals surface area contributed by atoms with Crippen LogP contribution in [0.4, 0.5) is 11.8 Å². The first-order valence-corrected chi connectivity index (χ1v) is 13.9. The molecule has 7 rings (SSSR count). The molecule has 2 aliphatic heterocycles. The molecule has 3 saturated carbocycles. The van der Waals surface area contributed by atoms with Crippen molar-refractivity contribution in [1.29, 1.82) is 0 Å². The normalized spacial score (nSPS) is 31.9. The highest BCUT2D eigenvalue weighted by Crippen LogP contribution is 2.54. The van der Waals surface area contributed by atoms with E-state index in [0.29, 0.717) is 28.6 Å². The number of hydrogen-bond acceptors (Lipinski definition) is 8. The van der Waals surface area contributed by atoms with Crippen LogP contribution in [0.3, 0.4) is 0 Å². The summed E-state index contributed by atoms with van der Waals surface area (Å²) in [5, 5.41) is 14.2. The number of nitrogens with zero attached hydrogens (tertiary/aromatic N) is 5. The number of anilines is 2. The number of fused-ring (bicyclic) bond motifs is 2. The number of aromatic nitrogens is 4. The minimum absolute atomic E-state index is 0.0703. The maximum absolute atomic E-state index is 13.4. The maximum atomic E-state index is 13.4. The fourth-order valence-electron chi connectivity index (χ4n) is 6.50. The number of aliphatic hydroxyl groups is 1. The van der Waals surface area contributed by atoms with Gasteiger partial charge in [-0.2, -0.15) is 4.98 Å². The zero-order valence-corrected chi connectivity index (χ0v) is 20.6. The largest absolute Gasteiger partial charge is 0.394 e. The van der Waals surface area contributed by atoms with Gasteiger partial charge in [-0.3, -0.25) is 4.21 Å². The zero-order valence-electron chi connectivity index (χ0n) is 19.0. The summed E-state index contributed by atoms with van der Waals surface area (Å²) < 4.78 is 13.2. The first-order valence-electron chi connectivity index (χ1n) is 12.4. The van der Waals surface area contributed by atoms with Gasteiger partial charge >= 0.3 is 0 Å². The quantitative estimate of drug-likeness (QED) is 0.645. The van der Waals surface area contributed by atoms with Crippen LogP contribution >= 0.6 is 11.6 Å². The lowest BCUT2D eigenvalue weighted by Gasteiger charge is -2.41. The molecule has 34 heavy (non-hydrogen) atoms. The Balaban J connectivity index is 1.15. The second kappa shape index (κ2) is 7.58. The molecule has 8 nitrogen and oxygen atoms in total. The van der Waals surface area contributed by atoms with Gasteiger partial charge in [0.2, 0.25) is 5.95 Å². The average molecular weight is 501 g/mol. The van der Waals surface area contributed by atoms with Gasteiger partial charge in [-0.15, -0.1) is 0 Å². The molecule has 2 aromatic rings. The van der Waals surface area contributed by atoms with E-state index in [1.54, 1.807) is 12.4 Å². The molecule has 10 heteroatoms. The van der Waals surface area contributed by atoms with Crippen LogP contribution in [-0.2, 0) is 17.2 Å². The van der Waals surface area contributed by atoms with Gasteiger partial charge in [0, 0.05) is 37.8 Å². The molecule has 1 spiro atoms. The highest BCUT2D eigenvalue weighted by Gasteiger charge is 2.56. The van der Waals surface area contributed by atoms with E-state index in [-0.39, 0.29) is 16.9 Å². The van der Waals surface area contributed by atoms with Crippen LogP contribution in [0.5, 0.6) is 0 Å². The van der Waals surface area contributed by atoms with Gasteiger partial charge in [0.05, 0.1) is 38.4 Å². The van der Waals surface area contributed by atoms with Crippen molar-refractivity contribution in [1.82, 2.24) is 19.9 Å². The summed E-state index contributed by atoms with van der Waals surface area (Å²) in [5.74, 6) is 3.86. The van der Waals surface area contributed by atoms with Gasteiger partial charge in [-0.05, 0) is 56.8 Å². The fourth-order valence-corrected chi connectivity index (χ4v) is 8.37. The smallest absolute Gasteiger partial charge is 0.227 e. The van der Waals surface area contributed by atoms with Gasteiger partial charge < -0.3 is 15.3 Å². The van der Waals surface area contributed by atoms with Crippen LogP contribution in [0.25, 0.3) is 0 Å². The van der Waals surface area contributed by atoms with Crippen molar-refractivity contribution in [3.8, 4) is 0 Å². The summed E-state index contributed by atoms with van der Waals surface area (Å²) in [6.45, 7) is 1.92. The summed E-state index contributed by atoms with van der Waals surface area (Å²) >= 11 is 5.96. The first kappa shape index (κ1) is 21.4. The highest BCUT2D eigenvalue weighted by atomic mass is 35.5. The maximum Gasteiger partial charge on any atom is 0.227 e. The van der Waals surface area contributed by atoms with Gasteiger partial charge in [0.1, 0.15) is 16.5 Å². The minimum Gasteiger partial charge on any atom is -0.394 e. The Bertz CT molecular complexity index is 1150. The molecule has 1 saturated heterocycles. The molecule has 2 aromatic heterocycles. The van der Waals surface area contributed by atoms with Gasteiger partial charge in [0.15, 0.2) is 0 Å². The standard InChI is InChI=1S/C24H29ClN6O2S/c25-17-9-26-20(27-10-17)14-6-15-11-31(12-16(15)7-14)22-28-18-8-24(4-5-24)34(33)19(18)21(29-22)30-23(13-32)2-1-3-23/h9-10,14-16,32H,1-8,11-13H2,(H,28,29,30). The molecule has 4 heterocycles. The molecular weight excluding hydrogens is 472 g/mol. The third-order valence-corrected chi connectivity index (χ3v) is 11.2. The molecule has 5 aliphatic rings. The lowest BCUT2D eigenvalue weighted by atomic mass is 9.77. The molecule has 0 radical (unpaired) electrons. The van der Waals surface area contributed by atoms with Crippen LogP contribution in [-0.4, -0.2) is 59.2 Å². The number of hydrogen-bond donors (Lipinski definition) is 2. The van der Waals surface area contributed by atoms with E-state index in [4.69, 9.17) is 21.6 Å². The first-order chi connectivity index (χ1) is 16.5. The lowest BCUT2D eigenvalue weighted by molar-refractivity contribution is 0.143. The molecule has 3 unspecified atom stereocenters. The third-order valence-electron chi connectivity index (χ3n) is 8.84. The van der Waals surface area contributed by atoms with Crippen molar-refractivity contribution in [2.24, 2.45) is 11.8 Å². The Morgan fingerprint density at radius 2 is 1.82 bits per heavy atom. The van der Waals surface area contributed by atoms with Crippen molar-refractivity contribution in [3.05, 3.63) is 28.9 Å². The minimum atomic E-state index is -1.08. The second-order valence-electron chi connectivity index (χ2n) is 11.0.